The number of pyridine rings is 1. The number of carbonyl (C=O) groups excluding carboxylic acids is 1. The van der Waals surface area contributed by atoms with Crippen LogP contribution in [0.3, 0.4) is 0 Å². The minimum Gasteiger partial charge on any atom is -0.471 e. The van der Waals surface area contributed by atoms with Crippen LogP contribution >= 0.6 is 0 Å². The lowest BCUT2D eigenvalue weighted by molar-refractivity contribution is 0.0934. The van der Waals surface area contributed by atoms with Gasteiger partial charge in [-0.3, -0.25) is 4.79 Å². The second kappa shape index (κ2) is 6.52. The fraction of sp³-hybridized carbons (Fsp3) is 0.429. The molecule has 1 unspecified atom stereocenters. The van der Waals surface area contributed by atoms with E-state index in [0.29, 0.717) is 36.4 Å². The molecule has 0 saturated carbocycles. The zero-order chi connectivity index (χ0) is 15.4. The molecular formula is C14H16N4O4. The number of ether oxygens (including phenoxy) is 2. The largest absolute Gasteiger partial charge is 0.471 e. The molecule has 1 saturated heterocycles. The van der Waals surface area contributed by atoms with Gasteiger partial charge in [0, 0.05) is 19.5 Å². The minimum absolute atomic E-state index is 0.0694. The van der Waals surface area contributed by atoms with Crippen LogP contribution in [0.4, 0.5) is 0 Å². The van der Waals surface area contributed by atoms with E-state index in [9.17, 15) is 4.79 Å². The number of rotatable bonds is 5. The molecule has 2 aromatic heterocycles. The van der Waals surface area contributed by atoms with Crippen LogP contribution in [-0.2, 0) is 11.3 Å². The van der Waals surface area contributed by atoms with Crippen molar-refractivity contribution in [2.45, 2.75) is 26.0 Å². The summed E-state index contributed by atoms with van der Waals surface area (Å²) in [5.74, 6) is 0.798. The molecule has 22 heavy (non-hydrogen) atoms. The number of aromatic nitrogens is 3. The molecule has 0 aliphatic carbocycles. The van der Waals surface area contributed by atoms with Crippen molar-refractivity contribution in [2.75, 3.05) is 13.2 Å². The Labute approximate surface area is 126 Å². The van der Waals surface area contributed by atoms with Gasteiger partial charge in [-0.2, -0.15) is 0 Å². The van der Waals surface area contributed by atoms with E-state index in [1.54, 1.807) is 25.3 Å². The highest BCUT2D eigenvalue weighted by Gasteiger charge is 2.21. The summed E-state index contributed by atoms with van der Waals surface area (Å²) in [4.78, 5) is 16.4. The summed E-state index contributed by atoms with van der Waals surface area (Å²) in [6, 6.07) is 3.34. The highest BCUT2D eigenvalue weighted by atomic mass is 16.5. The molecular weight excluding hydrogens is 288 g/mol. The van der Waals surface area contributed by atoms with E-state index in [0.717, 1.165) is 6.42 Å². The molecule has 0 spiro atoms. The molecule has 1 aliphatic heterocycles. The molecule has 1 N–H and O–H groups in total. The second-order valence-corrected chi connectivity index (χ2v) is 4.86. The number of amides is 1. The second-order valence-electron chi connectivity index (χ2n) is 4.86. The predicted molar refractivity (Wildman–Crippen MR) is 74.3 cm³/mol. The van der Waals surface area contributed by atoms with Crippen molar-refractivity contribution in [2.24, 2.45) is 0 Å². The highest BCUT2D eigenvalue weighted by molar-refractivity contribution is 5.96. The molecule has 1 aliphatic rings. The average molecular weight is 304 g/mol. The van der Waals surface area contributed by atoms with Gasteiger partial charge in [0.15, 0.2) is 0 Å². The van der Waals surface area contributed by atoms with E-state index in [1.165, 1.54) is 0 Å². The van der Waals surface area contributed by atoms with Gasteiger partial charge in [0.1, 0.15) is 11.7 Å². The number of nitrogens with zero attached hydrogens (tertiary/aromatic N) is 3. The Balaban J connectivity index is 1.66. The molecule has 8 heteroatoms. The van der Waals surface area contributed by atoms with Gasteiger partial charge in [0.2, 0.25) is 17.7 Å². The number of hydrogen-bond donors (Lipinski definition) is 1. The maximum Gasteiger partial charge on any atom is 0.257 e. The standard InChI is InChI=1S/C14H16N4O4/c1-9-17-18-12(21-9)7-16-13(19)11-3-2-5-15-14(11)22-10-4-6-20-8-10/h2-3,5,10H,4,6-8H2,1H3,(H,16,19). The molecule has 2 aromatic rings. The van der Waals surface area contributed by atoms with Gasteiger partial charge < -0.3 is 19.2 Å². The third-order valence-corrected chi connectivity index (χ3v) is 3.15. The minimum atomic E-state index is -0.308. The highest BCUT2D eigenvalue weighted by Crippen LogP contribution is 2.19. The first kappa shape index (κ1) is 14.5. The third-order valence-electron chi connectivity index (χ3n) is 3.15. The van der Waals surface area contributed by atoms with Crippen molar-refractivity contribution >= 4 is 5.91 Å². The average Bonchev–Trinajstić information content (AvgIpc) is 3.17. The maximum absolute atomic E-state index is 12.3. The Morgan fingerprint density at radius 2 is 2.41 bits per heavy atom. The summed E-state index contributed by atoms with van der Waals surface area (Å²) < 4.78 is 16.2. The maximum atomic E-state index is 12.3. The van der Waals surface area contributed by atoms with E-state index in [4.69, 9.17) is 13.9 Å². The molecule has 3 rings (SSSR count). The zero-order valence-corrected chi connectivity index (χ0v) is 12.1. The number of carbonyl (C=O) groups is 1. The summed E-state index contributed by atoms with van der Waals surface area (Å²) >= 11 is 0. The van der Waals surface area contributed by atoms with E-state index >= 15 is 0 Å². The summed E-state index contributed by atoms with van der Waals surface area (Å²) in [6.45, 7) is 3.02. The molecule has 1 fully saturated rings. The smallest absolute Gasteiger partial charge is 0.257 e. The summed E-state index contributed by atoms with van der Waals surface area (Å²) in [5, 5.41) is 10.2. The first-order valence-corrected chi connectivity index (χ1v) is 6.99. The van der Waals surface area contributed by atoms with E-state index in [2.05, 4.69) is 20.5 Å². The van der Waals surface area contributed by atoms with E-state index in [-0.39, 0.29) is 18.6 Å². The SMILES string of the molecule is Cc1nnc(CNC(=O)c2cccnc2OC2CCOC2)o1. The molecule has 1 amide bonds. The Bertz CT molecular complexity index is 652. The molecule has 8 nitrogen and oxygen atoms in total. The van der Waals surface area contributed by atoms with Crippen molar-refractivity contribution in [3.05, 3.63) is 35.7 Å². The first-order chi connectivity index (χ1) is 10.7. The van der Waals surface area contributed by atoms with Crippen molar-refractivity contribution in [1.29, 1.82) is 0 Å². The van der Waals surface area contributed by atoms with Crippen LogP contribution < -0.4 is 10.1 Å². The molecule has 0 bridgehead atoms. The van der Waals surface area contributed by atoms with Crippen molar-refractivity contribution < 1.29 is 18.7 Å². The molecule has 0 aromatic carbocycles. The van der Waals surface area contributed by atoms with Crippen LogP contribution in [0.2, 0.25) is 0 Å². The topological polar surface area (TPSA) is 99.4 Å². The van der Waals surface area contributed by atoms with Crippen LogP contribution in [0, 0.1) is 6.92 Å². The summed E-state index contributed by atoms with van der Waals surface area (Å²) in [7, 11) is 0. The first-order valence-electron chi connectivity index (χ1n) is 6.99. The summed E-state index contributed by atoms with van der Waals surface area (Å²) in [5.41, 5.74) is 0.366. The Morgan fingerprint density at radius 3 is 3.14 bits per heavy atom. The number of aryl methyl sites for hydroxylation is 1. The molecule has 3 heterocycles. The fourth-order valence-electron chi connectivity index (χ4n) is 2.08. The van der Waals surface area contributed by atoms with Crippen LogP contribution in [-0.4, -0.2) is 40.4 Å². The normalized spacial score (nSPS) is 17.4. The summed E-state index contributed by atoms with van der Waals surface area (Å²) in [6.07, 6.45) is 2.31. The predicted octanol–water partition coefficient (Wildman–Crippen LogP) is 0.871. The van der Waals surface area contributed by atoms with Gasteiger partial charge in [0.25, 0.3) is 5.91 Å². The lowest BCUT2D eigenvalue weighted by atomic mass is 10.2. The molecule has 116 valence electrons. The van der Waals surface area contributed by atoms with Crippen LogP contribution in [0.1, 0.15) is 28.6 Å². The monoisotopic (exact) mass is 304 g/mol. The number of hydrogen-bond acceptors (Lipinski definition) is 7. The van der Waals surface area contributed by atoms with Crippen molar-refractivity contribution in [1.82, 2.24) is 20.5 Å². The lowest BCUT2D eigenvalue weighted by Crippen LogP contribution is -2.25. The Hall–Kier alpha value is -2.48. The van der Waals surface area contributed by atoms with Gasteiger partial charge >= 0.3 is 0 Å². The molecule has 0 radical (unpaired) electrons. The van der Waals surface area contributed by atoms with E-state index < -0.39 is 0 Å². The van der Waals surface area contributed by atoms with Crippen molar-refractivity contribution in [3.8, 4) is 5.88 Å². The third kappa shape index (κ3) is 3.40. The van der Waals surface area contributed by atoms with Gasteiger partial charge in [-0.15, -0.1) is 10.2 Å². The number of nitrogens with one attached hydrogen (secondary N) is 1. The Morgan fingerprint density at radius 1 is 1.50 bits per heavy atom. The van der Waals surface area contributed by atoms with Gasteiger partial charge in [0.05, 0.1) is 19.8 Å². The van der Waals surface area contributed by atoms with Crippen LogP contribution in [0.5, 0.6) is 5.88 Å². The molecule has 1 atom stereocenters. The van der Waals surface area contributed by atoms with Gasteiger partial charge in [-0.25, -0.2) is 4.98 Å². The fourth-order valence-corrected chi connectivity index (χ4v) is 2.08. The van der Waals surface area contributed by atoms with Gasteiger partial charge in [-0.1, -0.05) is 0 Å². The van der Waals surface area contributed by atoms with Crippen LogP contribution in [0.15, 0.2) is 22.7 Å². The Kier molecular flexibility index (Phi) is 4.29. The quantitative estimate of drug-likeness (QED) is 0.874. The van der Waals surface area contributed by atoms with Crippen molar-refractivity contribution in [3.63, 3.8) is 0 Å². The zero-order valence-electron chi connectivity index (χ0n) is 12.1. The van der Waals surface area contributed by atoms with Gasteiger partial charge in [-0.05, 0) is 12.1 Å². The van der Waals surface area contributed by atoms with E-state index in [1.807, 2.05) is 0 Å². The van der Waals surface area contributed by atoms with Crippen LogP contribution in [0.25, 0.3) is 0 Å². The lowest BCUT2D eigenvalue weighted by Gasteiger charge is -2.13.